The van der Waals surface area contributed by atoms with Crippen LogP contribution in [-0.2, 0) is 9.53 Å². The summed E-state index contributed by atoms with van der Waals surface area (Å²) < 4.78 is 10.6. The molecule has 0 aliphatic carbocycles. The van der Waals surface area contributed by atoms with E-state index in [2.05, 4.69) is 0 Å². The van der Waals surface area contributed by atoms with E-state index in [1.54, 1.807) is 75.4 Å². The van der Waals surface area contributed by atoms with Crippen molar-refractivity contribution in [1.29, 1.82) is 0 Å². The summed E-state index contributed by atoms with van der Waals surface area (Å²) in [6, 6.07) is 13.9. The topological polar surface area (TPSA) is 76.1 Å². The zero-order chi connectivity index (χ0) is 19.3. The Bertz CT molecular complexity index is 750. The second-order valence-electron chi connectivity index (χ2n) is 6.70. The monoisotopic (exact) mass is 357 g/mol. The maximum atomic E-state index is 12.8. The Balaban J connectivity index is 2.53. The summed E-state index contributed by atoms with van der Waals surface area (Å²) in [6.45, 7) is 5.19. The van der Waals surface area contributed by atoms with Crippen LogP contribution < -0.4 is 9.64 Å². The number of anilines is 1. The van der Waals surface area contributed by atoms with E-state index < -0.39 is 23.7 Å². The molecule has 0 bridgehead atoms. The first-order chi connectivity index (χ1) is 12.2. The van der Waals surface area contributed by atoms with Crippen molar-refractivity contribution in [2.45, 2.75) is 32.4 Å². The van der Waals surface area contributed by atoms with Gasteiger partial charge >= 0.3 is 12.1 Å². The lowest BCUT2D eigenvalue weighted by Crippen LogP contribution is -2.42. The molecule has 0 radical (unpaired) electrons. The highest BCUT2D eigenvalue weighted by atomic mass is 16.6. The number of carboxylic acids is 1. The van der Waals surface area contributed by atoms with Crippen LogP contribution in [0.2, 0.25) is 0 Å². The van der Waals surface area contributed by atoms with E-state index >= 15 is 0 Å². The molecule has 6 heteroatoms. The number of aliphatic carboxylic acids is 1. The minimum Gasteiger partial charge on any atom is -0.497 e. The molecule has 2 aromatic carbocycles. The van der Waals surface area contributed by atoms with E-state index in [-0.39, 0.29) is 0 Å². The minimum atomic E-state index is -1.22. The summed E-state index contributed by atoms with van der Waals surface area (Å²) in [6.07, 6.45) is -0.737. The Kier molecular flexibility index (Phi) is 5.87. The number of hydrogen-bond acceptors (Lipinski definition) is 4. The van der Waals surface area contributed by atoms with Gasteiger partial charge in [0.15, 0.2) is 6.04 Å². The normalized spacial score (nSPS) is 12.2. The van der Waals surface area contributed by atoms with Crippen LogP contribution in [0.5, 0.6) is 5.75 Å². The Labute approximate surface area is 153 Å². The van der Waals surface area contributed by atoms with Gasteiger partial charge in [0.2, 0.25) is 0 Å². The molecule has 138 valence electrons. The molecular formula is C20H23NO5. The van der Waals surface area contributed by atoms with E-state index in [4.69, 9.17) is 9.47 Å². The molecule has 0 aliphatic heterocycles. The summed E-state index contributed by atoms with van der Waals surface area (Å²) in [7, 11) is 1.53. The third-order valence-corrected chi connectivity index (χ3v) is 3.55. The Morgan fingerprint density at radius 2 is 1.58 bits per heavy atom. The fourth-order valence-electron chi connectivity index (χ4n) is 2.45. The molecule has 0 saturated heterocycles. The molecule has 2 aromatic rings. The number of rotatable bonds is 5. The van der Waals surface area contributed by atoms with E-state index in [0.717, 1.165) is 4.90 Å². The third kappa shape index (κ3) is 4.75. The number of ether oxygens (including phenoxy) is 2. The van der Waals surface area contributed by atoms with Crippen molar-refractivity contribution in [2.75, 3.05) is 12.0 Å². The molecule has 0 aliphatic rings. The molecule has 0 fully saturated rings. The number of carbonyl (C=O) groups excluding carboxylic acids is 1. The number of hydrogen-bond donors (Lipinski definition) is 1. The van der Waals surface area contributed by atoms with Gasteiger partial charge in [-0.2, -0.15) is 0 Å². The van der Waals surface area contributed by atoms with Gasteiger partial charge in [-0.15, -0.1) is 0 Å². The molecule has 0 spiro atoms. The first-order valence-electron chi connectivity index (χ1n) is 8.17. The van der Waals surface area contributed by atoms with Crippen LogP contribution in [0.4, 0.5) is 10.5 Å². The second-order valence-corrected chi connectivity index (χ2v) is 6.70. The van der Waals surface area contributed by atoms with Crippen molar-refractivity contribution in [2.24, 2.45) is 0 Å². The zero-order valence-electron chi connectivity index (χ0n) is 15.3. The number of benzene rings is 2. The van der Waals surface area contributed by atoms with Gasteiger partial charge in [0.1, 0.15) is 11.4 Å². The highest BCUT2D eigenvalue weighted by molar-refractivity contribution is 5.96. The Morgan fingerprint density at radius 1 is 1.00 bits per heavy atom. The van der Waals surface area contributed by atoms with Gasteiger partial charge in [-0.1, -0.05) is 30.3 Å². The van der Waals surface area contributed by atoms with Crippen molar-refractivity contribution in [3.8, 4) is 5.75 Å². The summed E-state index contributed by atoms with van der Waals surface area (Å²) in [4.78, 5) is 26.0. The molecule has 1 atom stereocenters. The molecule has 1 amide bonds. The fourth-order valence-corrected chi connectivity index (χ4v) is 2.45. The second kappa shape index (κ2) is 7.91. The van der Waals surface area contributed by atoms with Crippen LogP contribution in [0.3, 0.4) is 0 Å². The fraction of sp³-hybridized carbons (Fsp3) is 0.300. The van der Waals surface area contributed by atoms with Crippen LogP contribution in [0.1, 0.15) is 32.4 Å². The number of carbonyl (C=O) groups is 2. The number of methoxy groups -OCH3 is 1. The molecule has 26 heavy (non-hydrogen) atoms. The molecule has 0 aromatic heterocycles. The molecule has 0 heterocycles. The average Bonchev–Trinajstić information content (AvgIpc) is 2.58. The highest BCUT2D eigenvalue weighted by Crippen LogP contribution is 2.31. The molecular weight excluding hydrogens is 334 g/mol. The van der Waals surface area contributed by atoms with Gasteiger partial charge in [-0.05, 0) is 50.6 Å². The zero-order valence-corrected chi connectivity index (χ0v) is 15.3. The van der Waals surface area contributed by atoms with E-state index in [1.165, 1.54) is 7.11 Å². The summed E-state index contributed by atoms with van der Waals surface area (Å²) in [5.74, 6) is -0.553. The largest absolute Gasteiger partial charge is 0.497 e. The SMILES string of the molecule is COc1ccc(N(C(=O)OC(C)(C)C)[C@H](C(=O)O)c2ccccc2)cc1. The quantitative estimate of drug-likeness (QED) is 0.865. The first-order valence-corrected chi connectivity index (χ1v) is 8.17. The van der Waals surface area contributed by atoms with E-state index in [9.17, 15) is 14.7 Å². The van der Waals surface area contributed by atoms with Crippen LogP contribution >= 0.6 is 0 Å². The Morgan fingerprint density at radius 3 is 2.04 bits per heavy atom. The standard InChI is InChI=1S/C20H23NO5/c1-20(2,3)26-19(24)21(15-10-12-16(25-4)13-11-15)17(18(22)23)14-8-6-5-7-9-14/h5-13,17H,1-4H3,(H,22,23)/t17-/m0/s1. The molecule has 0 saturated carbocycles. The van der Waals surface area contributed by atoms with E-state index in [1.807, 2.05) is 0 Å². The van der Waals surface area contributed by atoms with Crippen molar-refractivity contribution >= 4 is 17.7 Å². The summed E-state index contributed by atoms with van der Waals surface area (Å²) in [5.41, 5.74) is 0.111. The van der Waals surface area contributed by atoms with E-state index in [0.29, 0.717) is 17.0 Å². The van der Waals surface area contributed by atoms with Crippen LogP contribution in [0.15, 0.2) is 54.6 Å². The van der Waals surface area contributed by atoms with Gasteiger partial charge in [0, 0.05) is 5.69 Å². The van der Waals surface area contributed by atoms with Crippen molar-refractivity contribution in [3.05, 3.63) is 60.2 Å². The lowest BCUT2D eigenvalue weighted by atomic mass is 10.0. The van der Waals surface area contributed by atoms with Crippen LogP contribution in [-0.4, -0.2) is 29.9 Å². The third-order valence-electron chi connectivity index (χ3n) is 3.55. The van der Waals surface area contributed by atoms with Gasteiger partial charge in [-0.25, -0.2) is 9.59 Å². The highest BCUT2D eigenvalue weighted by Gasteiger charge is 2.35. The van der Waals surface area contributed by atoms with Crippen molar-refractivity contribution in [1.82, 2.24) is 0 Å². The van der Waals surface area contributed by atoms with Gasteiger partial charge in [0.25, 0.3) is 0 Å². The molecule has 1 N–H and O–H groups in total. The van der Waals surface area contributed by atoms with Crippen molar-refractivity contribution in [3.63, 3.8) is 0 Å². The first kappa shape index (κ1) is 19.3. The van der Waals surface area contributed by atoms with Crippen LogP contribution in [0.25, 0.3) is 0 Å². The molecule has 2 rings (SSSR count). The Hall–Kier alpha value is -3.02. The lowest BCUT2D eigenvalue weighted by Gasteiger charge is -2.31. The molecule has 6 nitrogen and oxygen atoms in total. The summed E-state index contributed by atoms with van der Waals surface area (Å²) in [5, 5.41) is 9.83. The number of carboxylic acid groups (broad SMARTS) is 1. The number of amides is 1. The lowest BCUT2D eigenvalue weighted by molar-refractivity contribution is -0.138. The predicted molar refractivity (Wildman–Crippen MR) is 98.5 cm³/mol. The summed E-state index contributed by atoms with van der Waals surface area (Å²) >= 11 is 0. The smallest absolute Gasteiger partial charge is 0.415 e. The minimum absolute atomic E-state index is 0.399. The van der Waals surface area contributed by atoms with Gasteiger partial charge < -0.3 is 14.6 Å². The van der Waals surface area contributed by atoms with Crippen LogP contribution in [0, 0.1) is 0 Å². The molecule has 0 unspecified atom stereocenters. The maximum absolute atomic E-state index is 12.8. The maximum Gasteiger partial charge on any atom is 0.415 e. The number of nitrogens with zero attached hydrogens (tertiary/aromatic N) is 1. The van der Waals surface area contributed by atoms with Gasteiger partial charge in [0.05, 0.1) is 7.11 Å². The predicted octanol–water partition coefficient (Wildman–Crippen LogP) is 4.26. The van der Waals surface area contributed by atoms with Gasteiger partial charge in [-0.3, -0.25) is 4.90 Å². The van der Waals surface area contributed by atoms with Crippen molar-refractivity contribution < 1.29 is 24.2 Å². The average molecular weight is 357 g/mol.